The van der Waals surface area contributed by atoms with E-state index in [0.717, 1.165) is 6.29 Å². The van der Waals surface area contributed by atoms with E-state index in [2.05, 4.69) is 0 Å². The van der Waals surface area contributed by atoms with Gasteiger partial charge in [-0.15, -0.1) is 0 Å². The van der Waals surface area contributed by atoms with Crippen molar-refractivity contribution >= 4 is 17.9 Å². The van der Waals surface area contributed by atoms with Crippen LogP contribution in [-0.2, 0) is 0 Å². The van der Waals surface area contributed by atoms with Crippen molar-refractivity contribution in [3.05, 3.63) is 34.9 Å². The normalized spacial score (nSPS) is 8.25. The van der Waals surface area contributed by atoms with Gasteiger partial charge in [0.1, 0.15) is 6.29 Å². The number of benzene rings is 1. The number of rotatable bonds is 1. The van der Waals surface area contributed by atoms with E-state index in [1.165, 1.54) is 0 Å². The summed E-state index contributed by atoms with van der Waals surface area (Å²) in [5, 5.41) is 8.22. The van der Waals surface area contributed by atoms with E-state index in [1.54, 1.807) is 31.2 Å². The molecule has 0 saturated heterocycles. The molecule has 0 spiro atoms. The van der Waals surface area contributed by atoms with E-state index in [9.17, 15) is 4.79 Å². The molecule has 3 heteroatoms. The highest BCUT2D eigenvalue weighted by Crippen LogP contribution is 2.07. The first-order valence-electron chi connectivity index (χ1n) is 3.56. The monoisotopic (exact) mass is 186 g/mol. The second kappa shape index (κ2) is 6.83. The fraction of sp³-hybridized carbons (Fsp3) is 0.222. The molecule has 0 fully saturated rings. The van der Waals surface area contributed by atoms with Crippen LogP contribution in [0, 0.1) is 0 Å². The summed E-state index contributed by atoms with van der Waals surface area (Å²) in [6, 6.07) is 6.72. The van der Waals surface area contributed by atoms with Gasteiger partial charge in [-0.25, -0.2) is 0 Å². The Morgan fingerprint density at radius 3 is 2.17 bits per heavy atom. The third kappa shape index (κ3) is 4.88. The highest BCUT2D eigenvalue weighted by atomic mass is 35.5. The molecule has 0 aliphatic carbocycles. The van der Waals surface area contributed by atoms with Gasteiger partial charge in [0.15, 0.2) is 0 Å². The summed E-state index contributed by atoms with van der Waals surface area (Å²) in [5.41, 5.74) is 0.652. The first-order chi connectivity index (χ1) is 5.74. The minimum absolute atomic E-state index is 0.250. The Morgan fingerprint density at radius 2 is 1.83 bits per heavy atom. The standard InChI is InChI=1S/C7H5ClO.C2H6O/c8-7-3-1-6(5-9)2-4-7;1-2-3/h1-5H;3H,2H2,1H3. The van der Waals surface area contributed by atoms with Crippen LogP contribution in [0.3, 0.4) is 0 Å². The maximum absolute atomic E-state index is 10.1. The Labute approximate surface area is 76.8 Å². The number of halogens is 1. The maximum atomic E-state index is 10.1. The van der Waals surface area contributed by atoms with Crippen LogP contribution in [0.4, 0.5) is 0 Å². The summed E-state index contributed by atoms with van der Waals surface area (Å²) in [7, 11) is 0. The fourth-order valence-electron chi connectivity index (χ4n) is 0.541. The molecule has 0 aliphatic heterocycles. The molecule has 0 atom stereocenters. The Morgan fingerprint density at radius 1 is 1.42 bits per heavy atom. The summed E-state index contributed by atoms with van der Waals surface area (Å²) in [6.07, 6.45) is 0.788. The third-order valence-electron chi connectivity index (χ3n) is 1.01. The van der Waals surface area contributed by atoms with Crippen LogP contribution in [-0.4, -0.2) is 18.0 Å². The van der Waals surface area contributed by atoms with Crippen LogP contribution in [0.2, 0.25) is 5.02 Å². The van der Waals surface area contributed by atoms with E-state index < -0.39 is 0 Å². The molecule has 1 rings (SSSR count). The van der Waals surface area contributed by atoms with Gasteiger partial charge in [0.25, 0.3) is 0 Å². The zero-order valence-electron chi connectivity index (χ0n) is 6.83. The van der Waals surface area contributed by atoms with Gasteiger partial charge in [0.2, 0.25) is 0 Å². The quantitative estimate of drug-likeness (QED) is 0.683. The first-order valence-corrected chi connectivity index (χ1v) is 3.94. The van der Waals surface area contributed by atoms with Gasteiger partial charge in [-0.05, 0) is 19.1 Å². The van der Waals surface area contributed by atoms with E-state index in [4.69, 9.17) is 16.7 Å². The molecule has 1 N–H and O–H groups in total. The molecule has 0 radical (unpaired) electrons. The topological polar surface area (TPSA) is 37.3 Å². The van der Waals surface area contributed by atoms with Crippen molar-refractivity contribution in [3.63, 3.8) is 0 Å². The Bertz CT molecular complexity index is 218. The van der Waals surface area contributed by atoms with Gasteiger partial charge >= 0.3 is 0 Å². The predicted octanol–water partition coefficient (Wildman–Crippen LogP) is 2.15. The molecule has 2 nitrogen and oxygen atoms in total. The smallest absolute Gasteiger partial charge is 0.150 e. The summed E-state index contributed by atoms with van der Waals surface area (Å²) in [6.45, 7) is 1.93. The summed E-state index contributed by atoms with van der Waals surface area (Å²) in [4.78, 5) is 10.1. The van der Waals surface area contributed by atoms with E-state index >= 15 is 0 Å². The van der Waals surface area contributed by atoms with Crippen molar-refractivity contribution in [3.8, 4) is 0 Å². The molecule has 0 unspecified atom stereocenters. The Hall–Kier alpha value is -0.860. The van der Waals surface area contributed by atoms with Crippen LogP contribution < -0.4 is 0 Å². The number of hydrogen-bond donors (Lipinski definition) is 1. The minimum Gasteiger partial charge on any atom is -0.397 e. The van der Waals surface area contributed by atoms with Crippen LogP contribution in [0.25, 0.3) is 0 Å². The molecule has 12 heavy (non-hydrogen) atoms. The summed E-state index contributed by atoms with van der Waals surface area (Å²) in [5.74, 6) is 0. The number of aliphatic hydroxyl groups excluding tert-OH is 1. The molecule has 0 heterocycles. The number of aliphatic hydroxyl groups is 1. The van der Waals surface area contributed by atoms with Gasteiger partial charge in [-0.3, -0.25) is 4.79 Å². The van der Waals surface area contributed by atoms with E-state index in [0.29, 0.717) is 10.6 Å². The van der Waals surface area contributed by atoms with Crippen molar-refractivity contribution in [2.75, 3.05) is 6.61 Å². The van der Waals surface area contributed by atoms with E-state index in [1.807, 2.05) is 0 Å². The molecular formula is C9H11ClO2. The molecule has 1 aromatic carbocycles. The van der Waals surface area contributed by atoms with Crippen molar-refractivity contribution in [2.45, 2.75) is 6.92 Å². The number of aldehydes is 1. The molecule has 0 saturated carbocycles. The third-order valence-corrected chi connectivity index (χ3v) is 1.26. The van der Waals surface area contributed by atoms with Crippen molar-refractivity contribution in [2.24, 2.45) is 0 Å². The van der Waals surface area contributed by atoms with Crippen molar-refractivity contribution in [1.29, 1.82) is 0 Å². The maximum Gasteiger partial charge on any atom is 0.150 e. The average molecular weight is 187 g/mol. The van der Waals surface area contributed by atoms with Crippen LogP contribution in [0.5, 0.6) is 0 Å². The molecule has 1 aromatic rings. The predicted molar refractivity (Wildman–Crippen MR) is 49.6 cm³/mol. The van der Waals surface area contributed by atoms with Gasteiger partial charge in [-0.1, -0.05) is 23.7 Å². The molecule has 0 bridgehead atoms. The Kier molecular flexibility index (Phi) is 6.34. The SMILES string of the molecule is CCO.O=Cc1ccc(Cl)cc1. The lowest BCUT2D eigenvalue weighted by Crippen LogP contribution is -1.74. The fourth-order valence-corrected chi connectivity index (χ4v) is 0.667. The molecule has 0 amide bonds. The van der Waals surface area contributed by atoms with Crippen LogP contribution >= 0.6 is 11.6 Å². The second-order valence-corrected chi connectivity index (χ2v) is 2.42. The minimum atomic E-state index is 0.250. The number of carbonyl (C=O) groups is 1. The largest absolute Gasteiger partial charge is 0.397 e. The van der Waals surface area contributed by atoms with Gasteiger partial charge in [-0.2, -0.15) is 0 Å². The highest BCUT2D eigenvalue weighted by Gasteiger charge is 1.86. The summed E-state index contributed by atoms with van der Waals surface area (Å²) < 4.78 is 0. The van der Waals surface area contributed by atoms with Gasteiger partial charge in [0.05, 0.1) is 0 Å². The number of carbonyl (C=O) groups excluding carboxylic acids is 1. The number of hydrogen-bond acceptors (Lipinski definition) is 2. The lowest BCUT2D eigenvalue weighted by Gasteiger charge is -1.87. The average Bonchev–Trinajstić information content (AvgIpc) is 2.07. The second-order valence-electron chi connectivity index (χ2n) is 1.99. The molecule has 0 aromatic heterocycles. The molecular weight excluding hydrogens is 176 g/mol. The lowest BCUT2D eigenvalue weighted by atomic mass is 10.2. The van der Waals surface area contributed by atoms with Crippen molar-refractivity contribution in [1.82, 2.24) is 0 Å². The summed E-state index contributed by atoms with van der Waals surface area (Å²) >= 11 is 5.55. The van der Waals surface area contributed by atoms with Crippen LogP contribution in [0.1, 0.15) is 17.3 Å². The molecule has 0 aliphatic rings. The lowest BCUT2D eigenvalue weighted by molar-refractivity contribution is 0.112. The van der Waals surface area contributed by atoms with Gasteiger partial charge in [0, 0.05) is 17.2 Å². The Balaban J connectivity index is 0.000000354. The van der Waals surface area contributed by atoms with E-state index in [-0.39, 0.29) is 6.61 Å². The van der Waals surface area contributed by atoms with Crippen molar-refractivity contribution < 1.29 is 9.90 Å². The zero-order chi connectivity index (χ0) is 9.40. The first kappa shape index (κ1) is 11.1. The highest BCUT2D eigenvalue weighted by molar-refractivity contribution is 6.30. The van der Waals surface area contributed by atoms with Gasteiger partial charge < -0.3 is 5.11 Å². The molecule has 66 valence electrons. The zero-order valence-corrected chi connectivity index (χ0v) is 7.58. The van der Waals surface area contributed by atoms with Crippen LogP contribution in [0.15, 0.2) is 24.3 Å².